The van der Waals surface area contributed by atoms with Crippen molar-refractivity contribution in [3.63, 3.8) is 0 Å². The van der Waals surface area contributed by atoms with Gasteiger partial charge in [0.2, 0.25) is 0 Å². The van der Waals surface area contributed by atoms with Gasteiger partial charge in [-0.2, -0.15) is 0 Å². The fourth-order valence-electron chi connectivity index (χ4n) is 3.89. The van der Waals surface area contributed by atoms with Gasteiger partial charge in [-0.15, -0.1) is 0 Å². The van der Waals surface area contributed by atoms with Crippen molar-refractivity contribution in [1.29, 1.82) is 0 Å². The lowest BCUT2D eigenvalue weighted by molar-refractivity contribution is -0.384. The first-order valence-electron chi connectivity index (χ1n) is 10.2. The van der Waals surface area contributed by atoms with Crippen LogP contribution in [0.2, 0.25) is 0 Å². The zero-order chi connectivity index (χ0) is 23.7. The number of carbonyl (C=O) groups is 2. The maximum Gasteiger partial charge on any atom is 0.300 e. The van der Waals surface area contributed by atoms with Crippen molar-refractivity contribution in [2.24, 2.45) is 0 Å². The Hall–Kier alpha value is -4.46. The Labute approximate surface area is 190 Å². The molecule has 4 rings (SSSR count). The van der Waals surface area contributed by atoms with Crippen LogP contribution in [0.5, 0.6) is 0 Å². The highest BCUT2D eigenvalue weighted by molar-refractivity contribution is 6.51. The number of benzene rings is 3. The van der Waals surface area contributed by atoms with Crippen molar-refractivity contribution in [2.75, 3.05) is 23.9 Å². The van der Waals surface area contributed by atoms with Crippen LogP contribution in [-0.2, 0) is 9.59 Å². The molecule has 1 aliphatic rings. The fraction of sp³-hybridized carbons (Fsp3) is 0.120. The highest BCUT2D eigenvalue weighted by atomic mass is 16.6. The smallest absolute Gasteiger partial charge is 0.300 e. The van der Waals surface area contributed by atoms with Gasteiger partial charge in [-0.1, -0.05) is 42.5 Å². The summed E-state index contributed by atoms with van der Waals surface area (Å²) in [6, 6.07) is 20.1. The first kappa shape index (κ1) is 21.8. The van der Waals surface area contributed by atoms with E-state index in [4.69, 9.17) is 0 Å². The third-order valence-electron chi connectivity index (χ3n) is 5.53. The van der Waals surface area contributed by atoms with Crippen LogP contribution in [-0.4, -0.2) is 35.8 Å². The number of aliphatic hydroxyl groups excluding tert-OH is 1. The molecule has 1 aliphatic heterocycles. The summed E-state index contributed by atoms with van der Waals surface area (Å²) in [5, 5.41) is 22.4. The minimum Gasteiger partial charge on any atom is -0.507 e. The van der Waals surface area contributed by atoms with E-state index in [0.717, 1.165) is 5.69 Å². The summed E-state index contributed by atoms with van der Waals surface area (Å²) in [5.41, 5.74) is 1.74. The van der Waals surface area contributed by atoms with Crippen molar-refractivity contribution < 1.29 is 19.6 Å². The molecule has 1 fully saturated rings. The molecule has 0 unspecified atom stereocenters. The predicted octanol–water partition coefficient (Wildman–Crippen LogP) is 4.29. The van der Waals surface area contributed by atoms with Crippen LogP contribution >= 0.6 is 0 Å². The van der Waals surface area contributed by atoms with E-state index in [0.29, 0.717) is 16.8 Å². The van der Waals surface area contributed by atoms with E-state index >= 15 is 0 Å². The lowest BCUT2D eigenvalue weighted by atomic mass is 9.95. The maximum atomic E-state index is 13.2. The highest BCUT2D eigenvalue weighted by Crippen LogP contribution is 2.43. The lowest BCUT2D eigenvalue weighted by Gasteiger charge is -2.26. The van der Waals surface area contributed by atoms with Crippen molar-refractivity contribution in [3.8, 4) is 0 Å². The average molecular weight is 443 g/mol. The van der Waals surface area contributed by atoms with E-state index in [1.165, 1.54) is 23.1 Å². The number of carbonyl (C=O) groups excluding carboxylic acids is 2. The van der Waals surface area contributed by atoms with E-state index < -0.39 is 22.7 Å². The largest absolute Gasteiger partial charge is 0.507 e. The number of non-ortho nitro benzene ring substituents is 1. The van der Waals surface area contributed by atoms with Gasteiger partial charge in [0.1, 0.15) is 5.76 Å². The molecule has 3 aromatic rings. The van der Waals surface area contributed by atoms with Crippen LogP contribution < -0.4 is 9.80 Å². The molecule has 0 spiro atoms. The number of hydrogen-bond donors (Lipinski definition) is 1. The predicted molar refractivity (Wildman–Crippen MR) is 125 cm³/mol. The summed E-state index contributed by atoms with van der Waals surface area (Å²) in [6.45, 7) is 0. The summed E-state index contributed by atoms with van der Waals surface area (Å²) >= 11 is 0. The van der Waals surface area contributed by atoms with Crippen LogP contribution in [0.25, 0.3) is 5.76 Å². The second-order valence-corrected chi connectivity index (χ2v) is 7.80. The minimum absolute atomic E-state index is 0.122. The van der Waals surface area contributed by atoms with Crippen LogP contribution in [0, 0.1) is 10.1 Å². The van der Waals surface area contributed by atoms with Crippen molar-refractivity contribution in [3.05, 3.63) is 106 Å². The van der Waals surface area contributed by atoms with Crippen LogP contribution in [0.4, 0.5) is 17.1 Å². The summed E-state index contributed by atoms with van der Waals surface area (Å²) in [5.74, 6) is -2.01. The van der Waals surface area contributed by atoms with E-state index in [9.17, 15) is 24.8 Å². The van der Waals surface area contributed by atoms with Crippen molar-refractivity contribution in [2.45, 2.75) is 6.04 Å². The topological polar surface area (TPSA) is 104 Å². The number of Topliss-reactive ketones (excluding diaryl/α,β-unsaturated/α-hetero) is 1. The first-order chi connectivity index (χ1) is 15.8. The normalized spacial score (nSPS) is 17.3. The van der Waals surface area contributed by atoms with Gasteiger partial charge < -0.3 is 10.0 Å². The Morgan fingerprint density at radius 3 is 2.24 bits per heavy atom. The summed E-state index contributed by atoms with van der Waals surface area (Å²) in [6.07, 6.45) is 0. The number of anilines is 2. The number of aliphatic hydroxyl groups is 1. The Kier molecular flexibility index (Phi) is 5.66. The number of nitro groups is 1. The van der Waals surface area contributed by atoms with Gasteiger partial charge in [0.05, 0.1) is 16.5 Å². The molecule has 1 N–H and O–H groups in total. The Bertz CT molecular complexity index is 1270. The third kappa shape index (κ3) is 3.94. The molecule has 0 bridgehead atoms. The Morgan fingerprint density at radius 1 is 0.970 bits per heavy atom. The zero-order valence-electron chi connectivity index (χ0n) is 18.0. The molecule has 0 radical (unpaired) electrons. The third-order valence-corrected chi connectivity index (χ3v) is 5.53. The average Bonchev–Trinajstić information content (AvgIpc) is 3.09. The molecule has 8 nitrogen and oxygen atoms in total. The number of hydrogen-bond acceptors (Lipinski definition) is 6. The summed E-state index contributed by atoms with van der Waals surface area (Å²) < 4.78 is 0. The molecule has 1 atom stereocenters. The quantitative estimate of drug-likeness (QED) is 0.207. The van der Waals surface area contributed by atoms with Crippen LogP contribution in [0.15, 0.2) is 84.4 Å². The zero-order valence-corrected chi connectivity index (χ0v) is 18.0. The van der Waals surface area contributed by atoms with Crippen molar-refractivity contribution in [1.82, 2.24) is 0 Å². The molecule has 8 heteroatoms. The monoisotopic (exact) mass is 443 g/mol. The van der Waals surface area contributed by atoms with E-state index in [2.05, 4.69) is 0 Å². The van der Waals surface area contributed by atoms with E-state index in [1.54, 1.807) is 60.7 Å². The molecular formula is C25H21N3O5. The number of nitrogens with zero attached hydrogens (tertiary/aromatic N) is 3. The molecule has 0 saturated carbocycles. The number of ketones is 1. The SMILES string of the molecule is CN(C)c1ccc(N2C(=O)C(=O)/C(=C(/O)c3ccccc3)[C@@H]2c2cccc([N+](=O)[O-])c2)cc1. The second kappa shape index (κ2) is 8.58. The van der Waals surface area contributed by atoms with Gasteiger partial charge in [-0.3, -0.25) is 24.6 Å². The molecular weight excluding hydrogens is 422 g/mol. The van der Waals surface area contributed by atoms with Crippen LogP contribution in [0.1, 0.15) is 17.2 Å². The number of amides is 1. The highest BCUT2D eigenvalue weighted by Gasteiger charge is 2.47. The number of rotatable bonds is 5. The van der Waals surface area contributed by atoms with Gasteiger partial charge in [0.15, 0.2) is 0 Å². The molecule has 1 heterocycles. The first-order valence-corrected chi connectivity index (χ1v) is 10.2. The molecule has 1 amide bonds. The Balaban J connectivity index is 1.94. The van der Waals surface area contributed by atoms with Crippen molar-refractivity contribution >= 4 is 34.5 Å². The Morgan fingerprint density at radius 2 is 1.64 bits per heavy atom. The second-order valence-electron chi connectivity index (χ2n) is 7.80. The molecule has 1 saturated heterocycles. The van der Waals surface area contributed by atoms with Gasteiger partial charge in [0, 0.05) is 43.2 Å². The molecule has 33 heavy (non-hydrogen) atoms. The molecule has 0 aliphatic carbocycles. The number of nitro benzene ring substituents is 1. The molecule has 3 aromatic carbocycles. The van der Waals surface area contributed by atoms with Gasteiger partial charge in [0.25, 0.3) is 17.4 Å². The van der Waals surface area contributed by atoms with Gasteiger partial charge in [-0.25, -0.2) is 0 Å². The standard InChI is InChI=1S/C25H21N3O5/c1-26(2)18-11-13-19(14-12-18)27-22(17-9-6-10-20(15-17)28(32)33)21(24(30)25(27)31)23(29)16-7-4-3-5-8-16/h3-15,22,29H,1-2H3/b23-21+/t22-/m0/s1. The fourth-order valence-corrected chi connectivity index (χ4v) is 3.89. The summed E-state index contributed by atoms with van der Waals surface area (Å²) in [4.78, 5) is 40.3. The summed E-state index contributed by atoms with van der Waals surface area (Å²) in [7, 11) is 3.76. The maximum absolute atomic E-state index is 13.2. The van der Waals surface area contributed by atoms with Gasteiger partial charge >= 0.3 is 0 Å². The lowest BCUT2D eigenvalue weighted by Crippen LogP contribution is -2.29. The minimum atomic E-state index is -1.03. The van der Waals surface area contributed by atoms with E-state index in [1.807, 2.05) is 19.0 Å². The molecule has 0 aromatic heterocycles. The van der Waals surface area contributed by atoms with E-state index in [-0.39, 0.29) is 17.0 Å². The van der Waals surface area contributed by atoms with Gasteiger partial charge in [-0.05, 0) is 29.8 Å². The van der Waals surface area contributed by atoms with Crippen LogP contribution in [0.3, 0.4) is 0 Å². The molecule has 166 valence electrons.